The first-order valence-electron chi connectivity index (χ1n) is 9.65. The molecule has 0 bridgehead atoms. The molecule has 0 spiro atoms. The number of rotatable bonds is 5. The quantitative estimate of drug-likeness (QED) is 0.444. The second-order valence-corrected chi connectivity index (χ2v) is 7.49. The Morgan fingerprint density at radius 3 is 2.50 bits per heavy atom. The van der Waals surface area contributed by atoms with Crippen molar-refractivity contribution < 1.29 is 18.0 Å². The minimum absolute atomic E-state index is 0.0189. The molecule has 0 aromatic heterocycles. The Morgan fingerprint density at radius 1 is 1.10 bits per heavy atom. The van der Waals surface area contributed by atoms with Gasteiger partial charge >= 0.3 is 0 Å². The van der Waals surface area contributed by atoms with Crippen LogP contribution in [0.1, 0.15) is 42.2 Å². The van der Waals surface area contributed by atoms with E-state index in [4.69, 9.17) is 0 Å². The van der Waals surface area contributed by atoms with Crippen molar-refractivity contribution in [1.82, 2.24) is 21.5 Å². The van der Waals surface area contributed by atoms with Gasteiger partial charge in [-0.2, -0.15) is 0 Å². The third-order valence-electron chi connectivity index (χ3n) is 4.51. The molecular weight excluding hydrogens is 395 g/mol. The predicted molar refractivity (Wildman–Crippen MR) is 108 cm³/mol. The zero-order chi connectivity index (χ0) is 21.7. The van der Waals surface area contributed by atoms with Crippen LogP contribution in [0.4, 0.5) is 13.2 Å². The van der Waals surface area contributed by atoms with E-state index in [-0.39, 0.29) is 35.5 Å². The van der Waals surface area contributed by atoms with Crippen LogP contribution in [0.5, 0.6) is 0 Å². The van der Waals surface area contributed by atoms with Crippen LogP contribution >= 0.6 is 0 Å². The topological polar surface area (TPSA) is 77.5 Å². The smallest absolute Gasteiger partial charge is 0.258 e. The number of nitrogens with one attached hydrogen (secondary N) is 4. The van der Waals surface area contributed by atoms with E-state index in [0.717, 1.165) is 17.7 Å². The van der Waals surface area contributed by atoms with E-state index in [2.05, 4.69) is 26.5 Å². The molecular formula is C21H24F3N5O. The minimum atomic E-state index is -1.10. The van der Waals surface area contributed by atoms with Crippen molar-refractivity contribution in [1.29, 1.82) is 0 Å². The molecule has 6 nitrogen and oxygen atoms in total. The van der Waals surface area contributed by atoms with Gasteiger partial charge in [-0.25, -0.2) is 24.0 Å². The molecule has 1 fully saturated rings. The highest BCUT2D eigenvalue weighted by molar-refractivity contribution is 6.05. The third-order valence-corrected chi connectivity index (χ3v) is 4.51. The van der Waals surface area contributed by atoms with Crippen molar-refractivity contribution in [3.8, 4) is 0 Å². The van der Waals surface area contributed by atoms with Crippen molar-refractivity contribution in [3.63, 3.8) is 0 Å². The van der Waals surface area contributed by atoms with Crippen LogP contribution in [0.2, 0.25) is 0 Å². The molecule has 2 aromatic carbocycles. The van der Waals surface area contributed by atoms with Crippen LogP contribution in [-0.2, 0) is 0 Å². The molecule has 160 valence electrons. The van der Waals surface area contributed by atoms with Gasteiger partial charge in [-0.1, -0.05) is 26.0 Å². The van der Waals surface area contributed by atoms with Crippen LogP contribution in [0, 0.1) is 23.4 Å². The maximum atomic E-state index is 13.4. The summed E-state index contributed by atoms with van der Waals surface area (Å²) in [6.07, 6.45) is 0.337. The first-order chi connectivity index (χ1) is 14.3. The fourth-order valence-corrected chi connectivity index (χ4v) is 2.94. The average Bonchev–Trinajstić information content (AvgIpc) is 3.17. The molecule has 2 unspecified atom stereocenters. The first kappa shape index (κ1) is 21.8. The van der Waals surface area contributed by atoms with Gasteiger partial charge in [0.25, 0.3) is 5.91 Å². The summed E-state index contributed by atoms with van der Waals surface area (Å²) >= 11 is 0. The Bertz CT molecular complexity index is 917. The molecule has 1 aliphatic rings. The zero-order valence-electron chi connectivity index (χ0n) is 16.7. The van der Waals surface area contributed by atoms with E-state index >= 15 is 0 Å². The Balaban J connectivity index is 1.66. The van der Waals surface area contributed by atoms with Crippen molar-refractivity contribution in [2.75, 3.05) is 6.54 Å². The number of halogens is 3. The highest BCUT2D eigenvalue weighted by Crippen LogP contribution is 2.21. The standard InChI is InChI=1S/C21H24F3N5O/c1-12(2)11-25-21(27-20(30)14-5-8-16(23)17(24)9-14)26-19-10-18(28-29-19)13-3-6-15(22)7-4-13/h3-9,12,18-19,28-29H,10-11H2,1-2H3,(H2,25,26,27,30). The molecule has 9 heteroatoms. The van der Waals surface area contributed by atoms with Gasteiger partial charge in [-0.15, -0.1) is 0 Å². The third kappa shape index (κ3) is 5.80. The minimum Gasteiger partial charge on any atom is -0.339 e. The van der Waals surface area contributed by atoms with Crippen molar-refractivity contribution in [2.45, 2.75) is 32.5 Å². The van der Waals surface area contributed by atoms with Gasteiger partial charge < -0.3 is 5.32 Å². The van der Waals surface area contributed by atoms with Crippen LogP contribution < -0.4 is 21.5 Å². The lowest BCUT2D eigenvalue weighted by atomic mass is 10.0. The van der Waals surface area contributed by atoms with Gasteiger partial charge in [-0.05, 0) is 41.8 Å². The maximum Gasteiger partial charge on any atom is 0.258 e. The van der Waals surface area contributed by atoms with Crippen molar-refractivity contribution >= 4 is 11.9 Å². The number of hydrogen-bond donors (Lipinski definition) is 4. The summed E-state index contributed by atoms with van der Waals surface area (Å²) in [6.45, 7) is 4.43. The number of carbonyl (C=O) groups is 1. The molecule has 2 atom stereocenters. The molecule has 0 aliphatic carbocycles. The first-order valence-corrected chi connectivity index (χ1v) is 9.65. The summed E-state index contributed by atoms with van der Waals surface area (Å²) < 4.78 is 39.7. The van der Waals surface area contributed by atoms with Crippen LogP contribution in [0.3, 0.4) is 0 Å². The number of nitrogens with zero attached hydrogens (tertiary/aromatic N) is 1. The van der Waals surface area contributed by atoms with E-state index in [1.54, 1.807) is 12.1 Å². The molecule has 1 aliphatic heterocycles. The fraction of sp³-hybridized carbons (Fsp3) is 0.333. The summed E-state index contributed by atoms with van der Waals surface area (Å²) in [6, 6.07) is 9.09. The van der Waals surface area contributed by atoms with Gasteiger partial charge in [0.05, 0.1) is 6.17 Å². The monoisotopic (exact) mass is 419 g/mol. The predicted octanol–water partition coefficient (Wildman–Crippen LogP) is 3.00. The Hall–Kier alpha value is -2.91. The maximum absolute atomic E-state index is 13.4. The van der Waals surface area contributed by atoms with Gasteiger partial charge in [0.1, 0.15) is 5.82 Å². The van der Waals surface area contributed by atoms with Gasteiger partial charge in [0.15, 0.2) is 17.6 Å². The summed E-state index contributed by atoms with van der Waals surface area (Å²) in [5.74, 6) is -2.56. The molecule has 4 N–H and O–H groups in total. The fourth-order valence-electron chi connectivity index (χ4n) is 2.94. The van der Waals surface area contributed by atoms with Crippen molar-refractivity contribution in [3.05, 3.63) is 71.0 Å². The SMILES string of the molecule is CC(C)CN=C(NC(=O)c1ccc(F)c(F)c1)NC1CC(c2ccc(F)cc2)NN1. The molecule has 0 saturated carbocycles. The Kier molecular flexibility index (Phi) is 7.07. The van der Waals surface area contributed by atoms with Gasteiger partial charge in [-0.3, -0.25) is 15.1 Å². The normalized spacial score (nSPS) is 19.2. The number of benzene rings is 2. The van der Waals surface area contributed by atoms with E-state index in [1.165, 1.54) is 18.2 Å². The van der Waals surface area contributed by atoms with Crippen LogP contribution in [-0.4, -0.2) is 24.6 Å². The molecule has 1 saturated heterocycles. The van der Waals surface area contributed by atoms with E-state index in [1.807, 2.05) is 13.8 Å². The van der Waals surface area contributed by atoms with E-state index < -0.39 is 17.5 Å². The molecule has 30 heavy (non-hydrogen) atoms. The number of carbonyl (C=O) groups excluding carboxylic acids is 1. The lowest BCUT2D eigenvalue weighted by molar-refractivity contribution is 0.0975. The lowest BCUT2D eigenvalue weighted by Gasteiger charge is -2.17. The summed E-state index contributed by atoms with van der Waals surface area (Å²) in [5.41, 5.74) is 7.09. The molecule has 1 amide bonds. The summed E-state index contributed by atoms with van der Waals surface area (Å²) in [7, 11) is 0. The van der Waals surface area contributed by atoms with E-state index in [0.29, 0.717) is 13.0 Å². The second-order valence-electron chi connectivity index (χ2n) is 7.49. The Morgan fingerprint density at radius 2 is 1.83 bits per heavy atom. The lowest BCUT2D eigenvalue weighted by Crippen LogP contribution is -2.50. The van der Waals surface area contributed by atoms with Crippen LogP contribution in [0.25, 0.3) is 0 Å². The highest BCUT2D eigenvalue weighted by Gasteiger charge is 2.26. The number of amides is 1. The van der Waals surface area contributed by atoms with E-state index in [9.17, 15) is 18.0 Å². The molecule has 2 aromatic rings. The molecule has 1 heterocycles. The zero-order valence-corrected chi connectivity index (χ0v) is 16.7. The molecule has 0 radical (unpaired) electrons. The summed E-state index contributed by atoms with van der Waals surface area (Å²) in [4.78, 5) is 16.9. The average molecular weight is 419 g/mol. The summed E-state index contributed by atoms with van der Waals surface area (Å²) in [5, 5.41) is 5.73. The highest BCUT2D eigenvalue weighted by atomic mass is 19.2. The Labute approximate surface area is 172 Å². The number of aliphatic imine (C=N–C) groups is 1. The van der Waals surface area contributed by atoms with Crippen molar-refractivity contribution in [2.24, 2.45) is 10.9 Å². The number of hydrazine groups is 1. The second kappa shape index (κ2) is 9.73. The van der Waals surface area contributed by atoms with Gasteiger partial charge in [0, 0.05) is 24.6 Å². The number of guanidine groups is 1. The molecule has 3 rings (SSSR count). The largest absolute Gasteiger partial charge is 0.339 e. The van der Waals surface area contributed by atoms with Gasteiger partial charge in [0.2, 0.25) is 0 Å². The number of hydrogen-bond acceptors (Lipinski definition) is 4. The van der Waals surface area contributed by atoms with Crippen LogP contribution in [0.15, 0.2) is 47.5 Å².